The zero-order valence-electron chi connectivity index (χ0n) is 14.4. The van der Waals surface area contributed by atoms with Crippen molar-refractivity contribution < 1.29 is 0 Å². The first-order chi connectivity index (χ1) is 10.5. The van der Waals surface area contributed by atoms with Crippen LogP contribution in [0.3, 0.4) is 0 Å². The maximum atomic E-state index is 2.42. The molecule has 0 heteroatoms. The number of hydrogen-bond acceptors (Lipinski definition) is 0. The summed E-state index contributed by atoms with van der Waals surface area (Å²) in [6.45, 7) is 11.5. The van der Waals surface area contributed by atoms with Gasteiger partial charge in [-0.05, 0) is 56.5 Å². The molecule has 0 fully saturated rings. The average Bonchev–Trinajstić information content (AvgIpc) is 2.50. The lowest BCUT2D eigenvalue weighted by Gasteiger charge is -2.21. The lowest BCUT2D eigenvalue weighted by Crippen LogP contribution is -1.99. The van der Waals surface area contributed by atoms with Crippen LogP contribution in [0.5, 0.6) is 0 Å². The molecule has 3 aromatic rings. The first-order valence-electron chi connectivity index (χ1n) is 8.51. The molecule has 0 unspecified atom stereocenters. The molecule has 3 rings (SSSR count). The van der Waals surface area contributed by atoms with E-state index < -0.39 is 0 Å². The van der Waals surface area contributed by atoms with Gasteiger partial charge in [0, 0.05) is 0 Å². The Morgan fingerprint density at radius 3 is 1.68 bits per heavy atom. The molecular weight excluding hydrogens is 264 g/mol. The summed E-state index contributed by atoms with van der Waals surface area (Å²) in [5.41, 5.74) is 4.43. The Morgan fingerprint density at radius 2 is 1.18 bits per heavy atom. The van der Waals surface area contributed by atoms with Crippen LogP contribution in [0.2, 0.25) is 0 Å². The number of rotatable bonds is 3. The van der Waals surface area contributed by atoms with Crippen molar-refractivity contribution in [3.8, 4) is 0 Å². The smallest absolute Gasteiger partial charge is 0.0137 e. The summed E-state index contributed by atoms with van der Waals surface area (Å²) in [6.07, 6.45) is 1.09. The van der Waals surface area contributed by atoms with Gasteiger partial charge in [-0.3, -0.25) is 0 Å². The van der Waals surface area contributed by atoms with Crippen molar-refractivity contribution in [1.82, 2.24) is 0 Å². The van der Waals surface area contributed by atoms with Crippen molar-refractivity contribution in [2.45, 2.75) is 52.9 Å². The lowest BCUT2D eigenvalue weighted by molar-refractivity contribution is 0.872. The van der Waals surface area contributed by atoms with Crippen LogP contribution in [0.1, 0.15) is 63.1 Å². The summed E-state index contributed by atoms with van der Waals surface area (Å²) in [5.74, 6) is 1.06. The molecule has 0 aliphatic rings. The molecule has 0 radical (unpaired) electrons. The molecular formula is C22H26. The van der Waals surface area contributed by atoms with Crippen LogP contribution in [0.25, 0.3) is 21.5 Å². The first-order valence-corrected chi connectivity index (χ1v) is 8.51. The van der Waals surface area contributed by atoms with Gasteiger partial charge in [-0.25, -0.2) is 0 Å². The molecule has 0 amide bonds. The van der Waals surface area contributed by atoms with Crippen LogP contribution in [0.15, 0.2) is 42.5 Å². The zero-order valence-corrected chi connectivity index (χ0v) is 14.4. The second kappa shape index (κ2) is 5.76. The van der Waals surface area contributed by atoms with Gasteiger partial charge in [-0.15, -0.1) is 0 Å². The summed E-state index contributed by atoms with van der Waals surface area (Å²) in [6, 6.07) is 16.0. The topological polar surface area (TPSA) is 0 Å². The minimum absolute atomic E-state index is 0.528. The molecule has 0 saturated carbocycles. The van der Waals surface area contributed by atoms with Gasteiger partial charge >= 0.3 is 0 Å². The molecule has 114 valence electrons. The third-order valence-corrected chi connectivity index (χ3v) is 4.73. The molecule has 0 heterocycles. The molecule has 3 aromatic carbocycles. The highest BCUT2D eigenvalue weighted by atomic mass is 14.2. The van der Waals surface area contributed by atoms with Gasteiger partial charge in [0.1, 0.15) is 0 Å². The fourth-order valence-electron chi connectivity index (χ4n) is 3.76. The standard InChI is InChI=1S/C22H26/c1-6-16-11-12-19-20(13-16)22(15(4)5)18-10-8-7-9-17(18)21(19)14(2)3/h7-15H,6H2,1-5H3. The van der Waals surface area contributed by atoms with Gasteiger partial charge in [-0.2, -0.15) is 0 Å². The van der Waals surface area contributed by atoms with Crippen LogP contribution >= 0.6 is 0 Å². The Hall–Kier alpha value is -1.82. The van der Waals surface area contributed by atoms with Gasteiger partial charge in [-0.1, -0.05) is 77.1 Å². The highest BCUT2D eigenvalue weighted by molar-refractivity contribution is 6.06. The fraction of sp³-hybridized carbons (Fsp3) is 0.364. The van der Waals surface area contributed by atoms with Crippen molar-refractivity contribution in [3.05, 3.63) is 59.2 Å². The normalized spacial score (nSPS) is 12.0. The van der Waals surface area contributed by atoms with E-state index in [2.05, 4.69) is 77.1 Å². The Kier molecular flexibility index (Phi) is 3.95. The number of benzene rings is 3. The molecule has 22 heavy (non-hydrogen) atoms. The molecule has 0 aliphatic carbocycles. The summed E-state index contributed by atoms with van der Waals surface area (Å²) in [4.78, 5) is 0. The minimum atomic E-state index is 0.528. The third kappa shape index (κ3) is 2.31. The maximum Gasteiger partial charge on any atom is -0.0137 e. The van der Waals surface area contributed by atoms with E-state index >= 15 is 0 Å². The highest BCUT2D eigenvalue weighted by Gasteiger charge is 2.17. The van der Waals surface area contributed by atoms with Crippen LogP contribution < -0.4 is 0 Å². The zero-order chi connectivity index (χ0) is 15.9. The Balaban J connectivity index is 2.58. The van der Waals surface area contributed by atoms with Gasteiger partial charge in [0.15, 0.2) is 0 Å². The van der Waals surface area contributed by atoms with Gasteiger partial charge in [0.25, 0.3) is 0 Å². The maximum absolute atomic E-state index is 2.42. The van der Waals surface area contributed by atoms with Gasteiger partial charge < -0.3 is 0 Å². The van der Waals surface area contributed by atoms with E-state index in [1.54, 1.807) is 0 Å². The van der Waals surface area contributed by atoms with Gasteiger partial charge in [0.2, 0.25) is 0 Å². The quantitative estimate of drug-likeness (QED) is 0.465. The highest BCUT2D eigenvalue weighted by Crippen LogP contribution is 2.40. The Labute approximate surface area is 134 Å². The lowest BCUT2D eigenvalue weighted by atomic mass is 9.83. The number of aryl methyl sites for hydroxylation is 1. The second-order valence-corrected chi connectivity index (χ2v) is 6.92. The van der Waals surface area contributed by atoms with E-state index in [9.17, 15) is 0 Å². The molecule has 0 aliphatic heterocycles. The van der Waals surface area contributed by atoms with E-state index in [1.807, 2.05) is 0 Å². The Morgan fingerprint density at radius 1 is 0.682 bits per heavy atom. The van der Waals surface area contributed by atoms with Crippen molar-refractivity contribution >= 4 is 21.5 Å². The molecule has 0 bridgehead atoms. The number of hydrogen-bond donors (Lipinski definition) is 0. The van der Waals surface area contributed by atoms with E-state index in [4.69, 9.17) is 0 Å². The SMILES string of the molecule is CCc1ccc2c(C(C)C)c3ccccc3c(C(C)C)c2c1. The van der Waals surface area contributed by atoms with E-state index in [0.717, 1.165) is 6.42 Å². The van der Waals surface area contributed by atoms with Crippen molar-refractivity contribution in [2.75, 3.05) is 0 Å². The minimum Gasteiger partial charge on any atom is -0.0616 e. The fourth-order valence-corrected chi connectivity index (χ4v) is 3.76. The summed E-state index contributed by atoms with van der Waals surface area (Å²) >= 11 is 0. The van der Waals surface area contributed by atoms with E-state index in [0.29, 0.717) is 11.8 Å². The van der Waals surface area contributed by atoms with Crippen LogP contribution in [-0.4, -0.2) is 0 Å². The second-order valence-electron chi connectivity index (χ2n) is 6.92. The number of fused-ring (bicyclic) bond motifs is 2. The molecule has 0 aromatic heterocycles. The van der Waals surface area contributed by atoms with Crippen LogP contribution in [0.4, 0.5) is 0 Å². The Bertz CT molecular complexity index is 822. The third-order valence-electron chi connectivity index (χ3n) is 4.73. The predicted molar refractivity (Wildman–Crippen MR) is 99.0 cm³/mol. The monoisotopic (exact) mass is 290 g/mol. The molecule has 0 saturated heterocycles. The van der Waals surface area contributed by atoms with E-state index in [-0.39, 0.29) is 0 Å². The molecule has 0 N–H and O–H groups in total. The average molecular weight is 290 g/mol. The summed E-state index contributed by atoms with van der Waals surface area (Å²) < 4.78 is 0. The van der Waals surface area contributed by atoms with Gasteiger partial charge in [0.05, 0.1) is 0 Å². The summed E-state index contributed by atoms with van der Waals surface area (Å²) in [5, 5.41) is 5.76. The van der Waals surface area contributed by atoms with Crippen molar-refractivity contribution in [1.29, 1.82) is 0 Å². The van der Waals surface area contributed by atoms with Crippen molar-refractivity contribution in [2.24, 2.45) is 0 Å². The molecule has 0 spiro atoms. The predicted octanol–water partition coefficient (Wildman–Crippen LogP) is 6.80. The van der Waals surface area contributed by atoms with E-state index in [1.165, 1.54) is 38.2 Å². The van der Waals surface area contributed by atoms with Crippen molar-refractivity contribution in [3.63, 3.8) is 0 Å². The largest absolute Gasteiger partial charge is 0.0616 e. The first kappa shape index (κ1) is 15.1. The molecule has 0 atom stereocenters. The molecule has 0 nitrogen and oxygen atoms in total. The van der Waals surface area contributed by atoms with Crippen LogP contribution in [-0.2, 0) is 6.42 Å². The summed E-state index contributed by atoms with van der Waals surface area (Å²) in [7, 11) is 0. The van der Waals surface area contributed by atoms with Crippen LogP contribution in [0, 0.1) is 0 Å².